The molecule has 36 heavy (non-hydrogen) atoms. The second-order valence-electron chi connectivity index (χ2n) is 9.78. The van der Waals surface area contributed by atoms with Gasteiger partial charge in [0.1, 0.15) is 23.2 Å². The first kappa shape index (κ1) is 24.5. The Bertz CT molecular complexity index is 1270. The maximum absolute atomic E-state index is 6.74. The molecule has 0 saturated carbocycles. The largest absolute Gasteiger partial charge is 0.423 e. The standard InChI is InChI=1S/C28H33ClN6O/c1-5-6-20-15-24(30-17-20)31-25-16-26(35-11-9-34(10-12-35)18(2)3)33-28(32-25)36-23-8-7-21-13-19(4)14-22(21)27(23)29/h5-8,14-16,18H,9-13,17H2,1-4H3,(H,30,31,32,33)/b6-5+. The Morgan fingerprint density at radius 2 is 1.92 bits per heavy atom. The van der Waals surface area contributed by atoms with E-state index in [1.165, 1.54) is 11.1 Å². The van der Waals surface area contributed by atoms with E-state index in [1.807, 2.05) is 31.2 Å². The quantitative estimate of drug-likeness (QED) is 0.541. The molecular formula is C28H33ClN6O. The van der Waals surface area contributed by atoms with E-state index < -0.39 is 0 Å². The smallest absolute Gasteiger partial charge is 0.325 e. The summed E-state index contributed by atoms with van der Waals surface area (Å²) in [6.45, 7) is 13.0. The average Bonchev–Trinajstić information content (AvgIpc) is 3.47. The Labute approximate surface area is 218 Å². The molecule has 2 aliphatic heterocycles. The van der Waals surface area contributed by atoms with Gasteiger partial charge in [-0.15, -0.1) is 0 Å². The molecule has 1 saturated heterocycles. The van der Waals surface area contributed by atoms with Crippen LogP contribution in [0.2, 0.25) is 5.02 Å². The predicted octanol–water partition coefficient (Wildman–Crippen LogP) is 5.74. The number of fused-ring (bicyclic) bond motifs is 1. The minimum absolute atomic E-state index is 0.262. The number of benzene rings is 1. The molecule has 0 amide bonds. The zero-order valence-corrected chi connectivity index (χ0v) is 22.1. The summed E-state index contributed by atoms with van der Waals surface area (Å²) in [5.74, 6) is 2.81. The van der Waals surface area contributed by atoms with Crippen LogP contribution in [0.1, 0.15) is 38.8 Å². The van der Waals surface area contributed by atoms with E-state index in [0.29, 0.717) is 29.2 Å². The van der Waals surface area contributed by atoms with Gasteiger partial charge in [0.05, 0.1) is 11.6 Å². The highest BCUT2D eigenvalue weighted by atomic mass is 35.5. The molecule has 5 rings (SSSR count). The number of aliphatic imine (C=N–C) groups is 1. The molecular weight excluding hydrogens is 472 g/mol. The topological polar surface area (TPSA) is 65.9 Å². The van der Waals surface area contributed by atoms with Gasteiger partial charge in [0.2, 0.25) is 0 Å². The molecule has 1 N–H and O–H groups in total. The normalized spacial score (nSPS) is 17.9. The van der Waals surface area contributed by atoms with Crippen LogP contribution >= 0.6 is 11.6 Å². The van der Waals surface area contributed by atoms with E-state index in [-0.39, 0.29) is 6.01 Å². The number of hydrogen-bond donors (Lipinski definition) is 1. The summed E-state index contributed by atoms with van der Waals surface area (Å²) in [5, 5.41) is 3.95. The first-order chi connectivity index (χ1) is 17.4. The van der Waals surface area contributed by atoms with Crippen molar-refractivity contribution in [1.29, 1.82) is 0 Å². The fourth-order valence-corrected chi connectivity index (χ4v) is 5.09. The Morgan fingerprint density at radius 1 is 1.11 bits per heavy atom. The Kier molecular flexibility index (Phi) is 7.12. The average molecular weight is 505 g/mol. The van der Waals surface area contributed by atoms with Crippen LogP contribution in [0.15, 0.2) is 52.6 Å². The highest BCUT2D eigenvalue weighted by Gasteiger charge is 2.23. The Hall–Kier alpha value is -3.16. The van der Waals surface area contributed by atoms with E-state index >= 15 is 0 Å². The third-order valence-corrected chi connectivity index (χ3v) is 7.14. The number of aromatic nitrogens is 2. The molecule has 3 heterocycles. The molecule has 0 bridgehead atoms. The zero-order valence-electron chi connectivity index (χ0n) is 21.4. The SMILES string of the molecule is C/C=C/C1=CC(Nc2cc(N3CCN(C(C)C)CC3)nc(Oc3ccc4c(c3Cl)C=C(C)C4)n2)=NC1. The van der Waals surface area contributed by atoms with Gasteiger partial charge in [0.25, 0.3) is 0 Å². The molecule has 8 heteroatoms. The molecule has 0 spiro atoms. The summed E-state index contributed by atoms with van der Waals surface area (Å²) in [4.78, 5) is 18.8. The van der Waals surface area contributed by atoms with E-state index in [9.17, 15) is 0 Å². The van der Waals surface area contributed by atoms with Crippen LogP contribution in [0.3, 0.4) is 0 Å². The number of hydrogen-bond acceptors (Lipinski definition) is 7. The van der Waals surface area contributed by atoms with E-state index in [1.54, 1.807) is 0 Å². The molecule has 0 unspecified atom stereocenters. The van der Waals surface area contributed by atoms with Gasteiger partial charge in [-0.1, -0.05) is 41.5 Å². The van der Waals surface area contributed by atoms with Gasteiger partial charge in [-0.05, 0) is 57.4 Å². The molecule has 1 aromatic carbocycles. The summed E-state index contributed by atoms with van der Waals surface area (Å²) in [7, 11) is 0. The van der Waals surface area contributed by atoms with Gasteiger partial charge in [-0.25, -0.2) is 0 Å². The van der Waals surface area contributed by atoms with Crippen molar-refractivity contribution in [2.75, 3.05) is 42.9 Å². The first-order valence-electron chi connectivity index (χ1n) is 12.6. The van der Waals surface area contributed by atoms with Gasteiger partial charge in [0, 0.05) is 43.9 Å². The van der Waals surface area contributed by atoms with Crippen LogP contribution in [0.4, 0.5) is 11.6 Å². The summed E-state index contributed by atoms with van der Waals surface area (Å²) >= 11 is 6.74. The van der Waals surface area contributed by atoms with Gasteiger partial charge in [-0.3, -0.25) is 9.89 Å². The Balaban J connectivity index is 1.43. The van der Waals surface area contributed by atoms with Gasteiger partial charge in [-0.2, -0.15) is 9.97 Å². The summed E-state index contributed by atoms with van der Waals surface area (Å²) in [6.07, 6.45) is 9.17. The molecule has 1 fully saturated rings. The second-order valence-corrected chi connectivity index (χ2v) is 10.2. The van der Waals surface area contributed by atoms with Crippen LogP contribution in [0.5, 0.6) is 11.8 Å². The number of halogens is 1. The lowest BCUT2D eigenvalue weighted by atomic mass is 10.1. The van der Waals surface area contributed by atoms with Crippen molar-refractivity contribution in [3.05, 3.63) is 63.7 Å². The second kappa shape index (κ2) is 10.4. The van der Waals surface area contributed by atoms with Crippen LogP contribution in [-0.2, 0) is 6.42 Å². The minimum atomic E-state index is 0.262. The first-order valence-corrected chi connectivity index (χ1v) is 13.0. The number of nitrogens with one attached hydrogen (secondary N) is 1. The molecule has 0 radical (unpaired) electrons. The molecule has 3 aliphatic rings. The number of ether oxygens (including phenoxy) is 1. The number of allylic oxidation sites excluding steroid dienone is 2. The predicted molar refractivity (Wildman–Crippen MR) is 149 cm³/mol. The number of nitrogens with zero attached hydrogens (tertiary/aromatic N) is 5. The van der Waals surface area contributed by atoms with Gasteiger partial charge in [0.15, 0.2) is 0 Å². The van der Waals surface area contributed by atoms with Crippen molar-refractivity contribution in [2.45, 2.75) is 40.2 Å². The van der Waals surface area contributed by atoms with E-state index in [4.69, 9.17) is 21.3 Å². The lowest BCUT2D eigenvalue weighted by Gasteiger charge is -2.37. The van der Waals surface area contributed by atoms with Crippen molar-refractivity contribution in [2.24, 2.45) is 4.99 Å². The fourth-order valence-electron chi connectivity index (χ4n) is 4.82. The highest BCUT2D eigenvalue weighted by molar-refractivity contribution is 6.33. The maximum atomic E-state index is 6.74. The number of piperazine rings is 1. The minimum Gasteiger partial charge on any atom is -0.423 e. The highest BCUT2D eigenvalue weighted by Crippen LogP contribution is 2.38. The number of rotatable bonds is 6. The Morgan fingerprint density at radius 3 is 2.67 bits per heavy atom. The summed E-state index contributed by atoms with van der Waals surface area (Å²) < 4.78 is 6.20. The third-order valence-electron chi connectivity index (χ3n) is 6.75. The molecule has 0 atom stereocenters. The van der Waals surface area contributed by atoms with E-state index in [2.05, 4.69) is 64.1 Å². The van der Waals surface area contributed by atoms with Crippen molar-refractivity contribution in [3.8, 4) is 11.8 Å². The lowest BCUT2D eigenvalue weighted by molar-refractivity contribution is 0.209. The molecule has 1 aromatic heterocycles. The number of amidine groups is 1. The van der Waals surface area contributed by atoms with Gasteiger partial charge >= 0.3 is 6.01 Å². The van der Waals surface area contributed by atoms with Crippen molar-refractivity contribution >= 4 is 35.1 Å². The molecule has 1 aliphatic carbocycles. The summed E-state index contributed by atoms with van der Waals surface area (Å²) in [5.41, 5.74) is 4.68. The van der Waals surface area contributed by atoms with Crippen LogP contribution in [0, 0.1) is 0 Å². The third kappa shape index (κ3) is 5.32. The van der Waals surface area contributed by atoms with E-state index in [0.717, 1.165) is 55.4 Å². The van der Waals surface area contributed by atoms with Crippen LogP contribution in [-0.4, -0.2) is 59.5 Å². The number of anilines is 2. The molecule has 188 valence electrons. The van der Waals surface area contributed by atoms with Crippen molar-refractivity contribution in [1.82, 2.24) is 14.9 Å². The van der Waals surface area contributed by atoms with Crippen molar-refractivity contribution < 1.29 is 4.74 Å². The summed E-state index contributed by atoms with van der Waals surface area (Å²) in [6, 6.07) is 6.74. The monoisotopic (exact) mass is 504 g/mol. The fraction of sp³-hybridized carbons (Fsp3) is 0.393. The molecule has 2 aromatic rings. The molecule has 7 nitrogen and oxygen atoms in total. The van der Waals surface area contributed by atoms with Crippen LogP contribution in [0.25, 0.3) is 6.08 Å². The maximum Gasteiger partial charge on any atom is 0.325 e. The van der Waals surface area contributed by atoms with Gasteiger partial charge < -0.3 is 15.0 Å². The lowest BCUT2D eigenvalue weighted by Crippen LogP contribution is -2.49. The van der Waals surface area contributed by atoms with Crippen molar-refractivity contribution in [3.63, 3.8) is 0 Å². The van der Waals surface area contributed by atoms with Crippen LogP contribution < -0.4 is 15.0 Å². The zero-order chi connectivity index (χ0) is 25.2.